The van der Waals surface area contributed by atoms with E-state index in [1.54, 1.807) is 10.6 Å². The van der Waals surface area contributed by atoms with Gasteiger partial charge < -0.3 is 9.84 Å². The van der Waals surface area contributed by atoms with Crippen LogP contribution in [0.5, 0.6) is 0 Å². The zero-order valence-corrected chi connectivity index (χ0v) is 17.6. The van der Waals surface area contributed by atoms with E-state index >= 15 is 0 Å². The number of imidazole rings is 1. The van der Waals surface area contributed by atoms with Crippen LogP contribution in [-0.2, 0) is 0 Å². The second kappa shape index (κ2) is 7.96. The quantitative estimate of drug-likeness (QED) is 0.539. The lowest BCUT2D eigenvalue weighted by Gasteiger charge is -2.29. The average Bonchev–Trinajstić information content (AvgIpc) is 3.43. The van der Waals surface area contributed by atoms with Gasteiger partial charge in [-0.1, -0.05) is 29.8 Å². The van der Waals surface area contributed by atoms with Gasteiger partial charge in [-0.2, -0.15) is 4.98 Å². The van der Waals surface area contributed by atoms with Crippen molar-refractivity contribution in [2.24, 2.45) is 0 Å². The minimum Gasteiger partial charge on any atom is -0.337 e. The van der Waals surface area contributed by atoms with E-state index in [-0.39, 0.29) is 11.9 Å². The second-order valence-electron chi connectivity index (χ2n) is 8.00. The number of aryl methyl sites for hydroxylation is 1. The Morgan fingerprint density at radius 1 is 1.23 bits per heavy atom. The highest BCUT2D eigenvalue weighted by Crippen LogP contribution is 2.30. The van der Waals surface area contributed by atoms with Crippen molar-refractivity contribution in [1.29, 1.82) is 0 Å². The zero-order valence-electron chi connectivity index (χ0n) is 17.6. The number of amides is 1. The van der Waals surface area contributed by atoms with Crippen LogP contribution in [0.25, 0.3) is 17.0 Å². The largest absolute Gasteiger partial charge is 0.337 e. The molecule has 5 rings (SSSR count). The summed E-state index contributed by atoms with van der Waals surface area (Å²) in [6, 6.07) is 11.6. The van der Waals surface area contributed by atoms with Crippen LogP contribution < -0.4 is 5.32 Å². The SMILES string of the molecule is Cc1ccc(-c2noc(C3CCCCN3C)n2)cc1NC(=O)c1cnc2ccccn12. The van der Waals surface area contributed by atoms with E-state index < -0.39 is 0 Å². The van der Waals surface area contributed by atoms with E-state index in [1.807, 2.05) is 49.5 Å². The molecule has 1 aromatic carbocycles. The Bertz CT molecular complexity index is 1240. The summed E-state index contributed by atoms with van der Waals surface area (Å²) in [7, 11) is 2.09. The number of likely N-dealkylation sites (tertiary alicyclic amines) is 1. The molecule has 1 fully saturated rings. The molecule has 3 aromatic heterocycles. The molecular weight excluding hydrogens is 392 g/mol. The Hall–Kier alpha value is -3.52. The smallest absolute Gasteiger partial charge is 0.274 e. The minimum atomic E-state index is -0.225. The van der Waals surface area contributed by atoms with Crippen LogP contribution in [0.1, 0.15) is 47.2 Å². The van der Waals surface area contributed by atoms with E-state index in [1.165, 1.54) is 6.42 Å². The van der Waals surface area contributed by atoms with E-state index in [0.29, 0.717) is 23.1 Å². The molecule has 31 heavy (non-hydrogen) atoms. The van der Waals surface area contributed by atoms with Gasteiger partial charge in [-0.3, -0.25) is 14.1 Å². The number of nitrogens with zero attached hydrogens (tertiary/aromatic N) is 5. The molecule has 158 valence electrons. The first-order valence-electron chi connectivity index (χ1n) is 10.5. The Morgan fingerprint density at radius 2 is 2.13 bits per heavy atom. The maximum Gasteiger partial charge on any atom is 0.274 e. The summed E-state index contributed by atoms with van der Waals surface area (Å²) in [6.45, 7) is 2.99. The molecule has 1 N–H and O–H groups in total. The van der Waals surface area contributed by atoms with Crippen molar-refractivity contribution in [1.82, 2.24) is 24.4 Å². The standard InChI is InChI=1S/C23H24N6O2/c1-15-9-10-16(21-26-23(31-27-21)18-7-3-5-11-28(18)2)13-17(15)25-22(30)19-14-24-20-8-4-6-12-29(19)20/h4,6,8-10,12-14,18H,3,5,7,11H2,1-2H3,(H,25,30). The highest BCUT2D eigenvalue weighted by Gasteiger charge is 2.26. The molecule has 4 aromatic rings. The van der Waals surface area contributed by atoms with Gasteiger partial charge in [0, 0.05) is 17.4 Å². The molecule has 1 aliphatic rings. The van der Waals surface area contributed by atoms with Crippen LogP contribution in [0.2, 0.25) is 0 Å². The molecule has 0 bridgehead atoms. The van der Waals surface area contributed by atoms with Gasteiger partial charge in [0.05, 0.1) is 12.2 Å². The molecule has 0 saturated carbocycles. The molecule has 1 atom stereocenters. The molecular formula is C23H24N6O2. The topological polar surface area (TPSA) is 88.6 Å². The van der Waals surface area contributed by atoms with Gasteiger partial charge in [-0.25, -0.2) is 4.98 Å². The third-order valence-electron chi connectivity index (χ3n) is 5.89. The number of aromatic nitrogens is 4. The Kier molecular flexibility index (Phi) is 4.99. The molecule has 1 unspecified atom stereocenters. The van der Waals surface area contributed by atoms with Gasteiger partial charge in [0.1, 0.15) is 11.3 Å². The number of anilines is 1. The summed E-state index contributed by atoms with van der Waals surface area (Å²) >= 11 is 0. The van der Waals surface area contributed by atoms with Crippen LogP contribution >= 0.6 is 0 Å². The van der Waals surface area contributed by atoms with Crippen LogP contribution in [0.3, 0.4) is 0 Å². The summed E-state index contributed by atoms with van der Waals surface area (Å²) in [4.78, 5) is 24.1. The number of hydrogen-bond acceptors (Lipinski definition) is 6. The fourth-order valence-corrected chi connectivity index (χ4v) is 4.06. The molecule has 0 spiro atoms. The van der Waals surface area contributed by atoms with Crippen molar-refractivity contribution in [3.8, 4) is 11.4 Å². The lowest BCUT2D eigenvalue weighted by atomic mass is 10.0. The number of piperidine rings is 1. The van der Waals surface area contributed by atoms with Crippen molar-refractivity contribution in [2.75, 3.05) is 18.9 Å². The van der Waals surface area contributed by atoms with E-state index in [9.17, 15) is 4.79 Å². The Labute approximate surface area is 179 Å². The second-order valence-corrected chi connectivity index (χ2v) is 8.00. The van der Waals surface area contributed by atoms with Crippen molar-refractivity contribution < 1.29 is 9.32 Å². The monoisotopic (exact) mass is 416 g/mol. The van der Waals surface area contributed by atoms with Crippen molar-refractivity contribution in [3.05, 3.63) is 65.9 Å². The molecule has 4 heterocycles. The van der Waals surface area contributed by atoms with E-state index in [0.717, 1.165) is 36.2 Å². The Morgan fingerprint density at radius 3 is 3.00 bits per heavy atom. The maximum atomic E-state index is 12.9. The predicted molar refractivity (Wildman–Crippen MR) is 117 cm³/mol. The first-order valence-corrected chi connectivity index (χ1v) is 10.5. The lowest BCUT2D eigenvalue weighted by Crippen LogP contribution is -2.29. The van der Waals surface area contributed by atoms with Crippen molar-refractivity contribution >= 4 is 17.2 Å². The van der Waals surface area contributed by atoms with E-state index in [2.05, 4.69) is 32.4 Å². The van der Waals surface area contributed by atoms with Crippen LogP contribution in [0.4, 0.5) is 5.69 Å². The third kappa shape index (κ3) is 3.70. The number of carbonyl (C=O) groups is 1. The Balaban J connectivity index is 1.40. The normalized spacial score (nSPS) is 17.2. The molecule has 8 heteroatoms. The maximum absolute atomic E-state index is 12.9. The molecule has 0 aliphatic carbocycles. The molecule has 1 saturated heterocycles. The fraction of sp³-hybridized carbons (Fsp3) is 0.304. The summed E-state index contributed by atoms with van der Waals surface area (Å²) < 4.78 is 7.35. The van der Waals surface area contributed by atoms with Crippen LogP contribution in [-0.4, -0.2) is 43.9 Å². The first kappa shape index (κ1) is 19.4. The van der Waals surface area contributed by atoms with Gasteiger partial charge in [0.15, 0.2) is 0 Å². The van der Waals surface area contributed by atoms with Crippen LogP contribution in [0.15, 0.2) is 53.3 Å². The van der Waals surface area contributed by atoms with Gasteiger partial charge in [0.2, 0.25) is 11.7 Å². The third-order valence-corrected chi connectivity index (χ3v) is 5.89. The van der Waals surface area contributed by atoms with Gasteiger partial charge in [-0.15, -0.1) is 0 Å². The summed E-state index contributed by atoms with van der Waals surface area (Å²) in [5, 5.41) is 7.20. The number of hydrogen-bond donors (Lipinski definition) is 1. The zero-order chi connectivity index (χ0) is 21.4. The van der Waals surface area contributed by atoms with Gasteiger partial charge in [0.25, 0.3) is 5.91 Å². The molecule has 0 radical (unpaired) electrons. The number of pyridine rings is 1. The number of carbonyl (C=O) groups excluding carboxylic acids is 1. The molecule has 1 aliphatic heterocycles. The summed E-state index contributed by atoms with van der Waals surface area (Å²) in [5.74, 6) is 0.949. The summed E-state index contributed by atoms with van der Waals surface area (Å²) in [5.41, 5.74) is 3.65. The van der Waals surface area contributed by atoms with Crippen LogP contribution in [0, 0.1) is 6.92 Å². The fourth-order valence-electron chi connectivity index (χ4n) is 4.06. The number of rotatable bonds is 4. The number of benzene rings is 1. The van der Waals surface area contributed by atoms with Gasteiger partial charge in [-0.05, 0) is 57.1 Å². The number of fused-ring (bicyclic) bond motifs is 1. The van der Waals surface area contributed by atoms with E-state index in [4.69, 9.17) is 4.52 Å². The predicted octanol–water partition coefficient (Wildman–Crippen LogP) is 4.10. The van der Waals surface area contributed by atoms with Crippen molar-refractivity contribution in [3.63, 3.8) is 0 Å². The molecule has 1 amide bonds. The average molecular weight is 416 g/mol. The van der Waals surface area contributed by atoms with Crippen molar-refractivity contribution in [2.45, 2.75) is 32.2 Å². The highest BCUT2D eigenvalue weighted by molar-refractivity contribution is 6.04. The highest BCUT2D eigenvalue weighted by atomic mass is 16.5. The first-order chi connectivity index (χ1) is 15.1. The number of nitrogens with one attached hydrogen (secondary N) is 1. The van der Waals surface area contributed by atoms with Gasteiger partial charge >= 0.3 is 0 Å². The lowest BCUT2D eigenvalue weighted by molar-refractivity contribution is 0.102. The molecule has 8 nitrogen and oxygen atoms in total. The summed E-state index contributed by atoms with van der Waals surface area (Å²) in [6.07, 6.45) is 6.78. The minimum absolute atomic E-state index is 0.162.